The first-order valence-corrected chi connectivity index (χ1v) is 7.30. The molecule has 1 saturated carbocycles. The Labute approximate surface area is 125 Å². The summed E-state index contributed by atoms with van der Waals surface area (Å²) in [4.78, 5) is 23.7. The molecule has 21 heavy (non-hydrogen) atoms. The van der Waals surface area contributed by atoms with E-state index in [1.54, 1.807) is 0 Å². The highest BCUT2D eigenvalue weighted by Gasteiger charge is 2.29. The maximum absolute atomic E-state index is 12.0. The zero-order valence-electron chi connectivity index (χ0n) is 12.6. The molecule has 1 fully saturated rings. The Morgan fingerprint density at radius 1 is 1.33 bits per heavy atom. The largest absolute Gasteiger partial charge is 0.352 e. The summed E-state index contributed by atoms with van der Waals surface area (Å²) in [6.45, 7) is 4.36. The average molecular weight is 289 g/mol. The van der Waals surface area contributed by atoms with Crippen molar-refractivity contribution < 1.29 is 9.59 Å². The Morgan fingerprint density at radius 3 is 2.67 bits per heavy atom. The van der Waals surface area contributed by atoms with Gasteiger partial charge in [-0.25, -0.2) is 0 Å². The van der Waals surface area contributed by atoms with E-state index in [4.69, 9.17) is 5.73 Å². The van der Waals surface area contributed by atoms with Crippen molar-refractivity contribution in [2.24, 2.45) is 17.1 Å². The van der Waals surface area contributed by atoms with Crippen molar-refractivity contribution in [3.63, 3.8) is 0 Å². The molecule has 0 saturated heterocycles. The van der Waals surface area contributed by atoms with E-state index in [0.717, 1.165) is 24.1 Å². The number of amides is 2. The average Bonchev–Trinajstić information content (AvgIpc) is 3.29. The normalized spacial score (nSPS) is 14.6. The Morgan fingerprint density at radius 2 is 2.05 bits per heavy atom. The summed E-state index contributed by atoms with van der Waals surface area (Å²) >= 11 is 0. The summed E-state index contributed by atoms with van der Waals surface area (Å²) in [6, 6.07) is 7.53. The smallest absolute Gasteiger partial charge is 0.227 e. The third-order valence-corrected chi connectivity index (χ3v) is 3.72. The number of carbonyl (C=O) groups excluding carboxylic acids is 2. The monoisotopic (exact) mass is 289 g/mol. The molecule has 2 amide bonds. The highest BCUT2D eigenvalue weighted by atomic mass is 16.2. The zero-order chi connectivity index (χ0) is 15.5. The summed E-state index contributed by atoms with van der Waals surface area (Å²) in [6.07, 6.45) is 1.96. The molecule has 0 aromatic heterocycles. The Bertz CT molecular complexity index is 536. The minimum atomic E-state index is -0.572. The summed E-state index contributed by atoms with van der Waals surface area (Å²) in [5.41, 5.74) is 6.73. The van der Waals surface area contributed by atoms with Crippen LogP contribution in [0.5, 0.6) is 0 Å². The van der Waals surface area contributed by atoms with E-state index in [-0.39, 0.29) is 17.7 Å². The fraction of sp³-hybridized carbons (Fsp3) is 0.500. The Balaban J connectivity index is 1.91. The second-order valence-electron chi connectivity index (χ2n) is 6.23. The van der Waals surface area contributed by atoms with Crippen LogP contribution in [0.3, 0.4) is 0 Å². The Hall–Kier alpha value is -1.88. The first-order chi connectivity index (χ1) is 9.92. The fourth-order valence-electron chi connectivity index (χ4n) is 1.86. The van der Waals surface area contributed by atoms with Crippen molar-refractivity contribution in [2.45, 2.75) is 33.2 Å². The van der Waals surface area contributed by atoms with E-state index in [9.17, 15) is 9.59 Å². The predicted molar refractivity (Wildman–Crippen MR) is 82.5 cm³/mol. The van der Waals surface area contributed by atoms with Crippen LogP contribution in [-0.4, -0.2) is 18.4 Å². The van der Waals surface area contributed by atoms with Gasteiger partial charge in [-0.05, 0) is 44.4 Å². The topological polar surface area (TPSA) is 84.2 Å². The molecular weight excluding hydrogens is 266 g/mol. The number of carbonyl (C=O) groups is 2. The lowest BCUT2D eigenvalue weighted by Gasteiger charge is -2.21. The molecule has 114 valence electrons. The maximum atomic E-state index is 12.0. The molecule has 0 heterocycles. The number of hydrogen-bond acceptors (Lipinski definition) is 3. The van der Waals surface area contributed by atoms with Gasteiger partial charge in [0.15, 0.2) is 0 Å². The van der Waals surface area contributed by atoms with Gasteiger partial charge in [-0.2, -0.15) is 0 Å². The molecule has 5 nitrogen and oxygen atoms in total. The molecule has 0 aliphatic heterocycles. The van der Waals surface area contributed by atoms with Crippen molar-refractivity contribution in [3.8, 4) is 0 Å². The van der Waals surface area contributed by atoms with E-state index >= 15 is 0 Å². The van der Waals surface area contributed by atoms with E-state index in [0.29, 0.717) is 13.1 Å². The first-order valence-electron chi connectivity index (χ1n) is 7.30. The lowest BCUT2D eigenvalue weighted by Crippen LogP contribution is -2.41. The van der Waals surface area contributed by atoms with Crippen LogP contribution < -0.4 is 16.4 Å². The van der Waals surface area contributed by atoms with Gasteiger partial charge < -0.3 is 16.4 Å². The fourth-order valence-corrected chi connectivity index (χ4v) is 1.86. The molecule has 1 aliphatic rings. The highest BCUT2D eigenvalue weighted by Crippen LogP contribution is 2.30. The maximum Gasteiger partial charge on any atom is 0.227 e. The summed E-state index contributed by atoms with van der Waals surface area (Å²) in [5.74, 6) is 0.191. The summed E-state index contributed by atoms with van der Waals surface area (Å²) < 4.78 is 0. The third kappa shape index (κ3) is 4.29. The van der Waals surface area contributed by atoms with Crippen LogP contribution in [0.1, 0.15) is 32.3 Å². The van der Waals surface area contributed by atoms with Crippen LogP contribution in [0, 0.1) is 11.3 Å². The minimum absolute atomic E-state index is 0.0718. The second-order valence-corrected chi connectivity index (χ2v) is 6.23. The van der Waals surface area contributed by atoms with Crippen LogP contribution in [0.25, 0.3) is 0 Å². The van der Waals surface area contributed by atoms with Gasteiger partial charge in [0.05, 0.1) is 5.41 Å². The first kappa shape index (κ1) is 15.5. The van der Waals surface area contributed by atoms with E-state index in [1.165, 1.54) is 0 Å². The van der Waals surface area contributed by atoms with Crippen molar-refractivity contribution in [2.75, 3.05) is 11.9 Å². The molecule has 0 atom stereocenters. The lowest BCUT2D eigenvalue weighted by atomic mass is 9.92. The van der Waals surface area contributed by atoms with Crippen LogP contribution in [0.4, 0.5) is 5.69 Å². The van der Waals surface area contributed by atoms with Crippen molar-refractivity contribution >= 4 is 17.5 Å². The number of nitrogens with two attached hydrogens (primary N) is 1. The van der Waals surface area contributed by atoms with Crippen LogP contribution in [0.2, 0.25) is 0 Å². The van der Waals surface area contributed by atoms with Gasteiger partial charge in [-0.1, -0.05) is 12.1 Å². The predicted octanol–water partition coefficient (Wildman–Crippen LogP) is 1.64. The molecule has 1 aromatic carbocycles. The third-order valence-electron chi connectivity index (χ3n) is 3.72. The molecule has 0 unspecified atom stereocenters. The highest BCUT2D eigenvalue weighted by molar-refractivity contribution is 5.94. The summed E-state index contributed by atoms with van der Waals surface area (Å²) in [5, 5.41) is 5.78. The number of anilines is 1. The van der Waals surface area contributed by atoms with E-state index in [1.807, 2.05) is 38.1 Å². The molecule has 2 rings (SSSR count). The van der Waals surface area contributed by atoms with Gasteiger partial charge in [0.2, 0.25) is 11.8 Å². The number of nitrogens with one attached hydrogen (secondary N) is 2. The Kier molecular flexibility index (Phi) is 4.63. The summed E-state index contributed by atoms with van der Waals surface area (Å²) in [7, 11) is 0. The quantitative estimate of drug-likeness (QED) is 0.744. The van der Waals surface area contributed by atoms with Crippen molar-refractivity contribution in [1.29, 1.82) is 0 Å². The van der Waals surface area contributed by atoms with Gasteiger partial charge in [-0.3, -0.25) is 9.59 Å². The van der Waals surface area contributed by atoms with Crippen molar-refractivity contribution in [3.05, 3.63) is 29.8 Å². The lowest BCUT2D eigenvalue weighted by molar-refractivity contribution is -0.129. The van der Waals surface area contributed by atoms with E-state index in [2.05, 4.69) is 10.6 Å². The molecule has 5 heteroatoms. The van der Waals surface area contributed by atoms with Crippen LogP contribution in [-0.2, 0) is 16.1 Å². The standard InChI is InChI=1S/C16H23N3O2/c1-16(2,10-17)15(21)18-9-11-4-3-5-13(8-11)19-14(20)12-6-7-12/h3-5,8,12H,6-7,9-10,17H2,1-2H3,(H,18,21)(H,19,20). The number of rotatable bonds is 6. The number of hydrogen-bond donors (Lipinski definition) is 3. The zero-order valence-corrected chi connectivity index (χ0v) is 12.6. The minimum Gasteiger partial charge on any atom is -0.352 e. The van der Waals surface area contributed by atoms with Gasteiger partial charge in [-0.15, -0.1) is 0 Å². The molecule has 0 radical (unpaired) electrons. The molecule has 0 spiro atoms. The van der Waals surface area contributed by atoms with E-state index < -0.39 is 5.41 Å². The molecule has 4 N–H and O–H groups in total. The molecular formula is C16H23N3O2. The second kappa shape index (κ2) is 6.26. The van der Waals surface area contributed by atoms with Gasteiger partial charge in [0.25, 0.3) is 0 Å². The molecule has 0 bridgehead atoms. The molecule has 1 aromatic rings. The SMILES string of the molecule is CC(C)(CN)C(=O)NCc1cccc(NC(=O)C2CC2)c1. The van der Waals surface area contributed by atoms with Gasteiger partial charge in [0, 0.05) is 24.7 Å². The van der Waals surface area contributed by atoms with Crippen LogP contribution in [0.15, 0.2) is 24.3 Å². The number of benzene rings is 1. The van der Waals surface area contributed by atoms with Gasteiger partial charge >= 0.3 is 0 Å². The van der Waals surface area contributed by atoms with Gasteiger partial charge in [0.1, 0.15) is 0 Å². The molecule has 1 aliphatic carbocycles. The van der Waals surface area contributed by atoms with Crippen LogP contribution >= 0.6 is 0 Å². The van der Waals surface area contributed by atoms with Crippen molar-refractivity contribution in [1.82, 2.24) is 5.32 Å².